The van der Waals surface area contributed by atoms with E-state index in [1.54, 1.807) is 33.5 Å². The van der Waals surface area contributed by atoms with Crippen molar-refractivity contribution in [1.29, 1.82) is 0 Å². The molecule has 0 bridgehead atoms. The highest BCUT2D eigenvalue weighted by molar-refractivity contribution is 7.99. The predicted octanol–water partition coefficient (Wildman–Crippen LogP) is 1.11. The summed E-state index contributed by atoms with van der Waals surface area (Å²) in [6, 6.07) is -0.288. The zero-order chi connectivity index (χ0) is 13.9. The summed E-state index contributed by atoms with van der Waals surface area (Å²) in [6.07, 6.45) is 2.71. The first-order valence-corrected chi connectivity index (χ1v) is 8.88. The predicted molar refractivity (Wildman–Crippen MR) is 79.5 cm³/mol. The van der Waals surface area contributed by atoms with Gasteiger partial charge in [0.2, 0.25) is 11.8 Å². The molecule has 2 fully saturated rings. The second-order valence-electron chi connectivity index (χ2n) is 5.12. The molecular formula is C13H17N3O2S2. The minimum Gasteiger partial charge on any atom is -0.354 e. The number of nitrogens with zero attached hydrogens (tertiary/aromatic N) is 2. The van der Waals surface area contributed by atoms with Crippen LogP contribution >= 0.6 is 23.1 Å². The van der Waals surface area contributed by atoms with Crippen LogP contribution < -0.4 is 5.32 Å². The monoisotopic (exact) mass is 311 g/mol. The van der Waals surface area contributed by atoms with Crippen molar-refractivity contribution in [3.63, 3.8) is 0 Å². The lowest BCUT2D eigenvalue weighted by atomic mass is 10.2. The molecule has 0 spiro atoms. The van der Waals surface area contributed by atoms with Gasteiger partial charge in [-0.1, -0.05) is 0 Å². The third-order valence-electron chi connectivity index (χ3n) is 3.56. The van der Waals surface area contributed by atoms with Crippen LogP contribution in [0.5, 0.6) is 0 Å². The third kappa shape index (κ3) is 3.15. The van der Waals surface area contributed by atoms with Gasteiger partial charge in [0.15, 0.2) is 0 Å². The molecule has 1 aromatic rings. The summed E-state index contributed by atoms with van der Waals surface area (Å²) >= 11 is 3.22. The minimum absolute atomic E-state index is 0.0285. The summed E-state index contributed by atoms with van der Waals surface area (Å²) in [5.74, 6) is 1.67. The van der Waals surface area contributed by atoms with Crippen LogP contribution in [0.1, 0.15) is 18.5 Å². The average Bonchev–Trinajstić information content (AvgIpc) is 2.97. The van der Waals surface area contributed by atoms with Gasteiger partial charge >= 0.3 is 0 Å². The van der Waals surface area contributed by atoms with E-state index in [2.05, 4.69) is 10.3 Å². The normalized spacial score (nSPS) is 22.0. The molecule has 1 aliphatic carbocycles. The number of aromatic nitrogens is 1. The fourth-order valence-corrected chi connectivity index (χ4v) is 3.99. The molecule has 2 heterocycles. The number of rotatable bonds is 5. The first-order chi connectivity index (χ1) is 9.75. The standard InChI is InChI=1S/C13H17N3O2S2/c17-12(14-4-3-10-5-19-7-15-10)11-6-20-8-16(11)13(18)9-1-2-9/h5,7,9,11H,1-4,6,8H2,(H,14,17). The van der Waals surface area contributed by atoms with E-state index in [9.17, 15) is 9.59 Å². The zero-order valence-electron chi connectivity index (χ0n) is 11.1. The fraction of sp³-hybridized carbons (Fsp3) is 0.615. The zero-order valence-corrected chi connectivity index (χ0v) is 12.7. The van der Waals surface area contributed by atoms with Gasteiger partial charge in [0, 0.05) is 30.0 Å². The van der Waals surface area contributed by atoms with Gasteiger partial charge < -0.3 is 10.2 Å². The largest absolute Gasteiger partial charge is 0.354 e. The summed E-state index contributed by atoms with van der Waals surface area (Å²) in [5.41, 5.74) is 2.79. The molecule has 2 aliphatic rings. The molecule has 1 atom stereocenters. The van der Waals surface area contributed by atoms with E-state index in [0.717, 1.165) is 25.0 Å². The number of hydrogen-bond acceptors (Lipinski definition) is 5. The fourth-order valence-electron chi connectivity index (χ4n) is 2.23. The Kier molecular flexibility index (Phi) is 4.26. The van der Waals surface area contributed by atoms with Crippen molar-refractivity contribution in [2.75, 3.05) is 18.2 Å². The minimum atomic E-state index is -0.288. The molecule has 1 saturated heterocycles. The molecule has 1 unspecified atom stereocenters. The van der Waals surface area contributed by atoms with E-state index in [-0.39, 0.29) is 23.8 Å². The number of thiazole rings is 1. The molecule has 3 rings (SSSR count). The van der Waals surface area contributed by atoms with Gasteiger partial charge in [-0.3, -0.25) is 9.59 Å². The Balaban J connectivity index is 1.49. The summed E-state index contributed by atoms with van der Waals surface area (Å²) in [5, 5.41) is 4.91. The van der Waals surface area contributed by atoms with Crippen molar-refractivity contribution in [1.82, 2.24) is 15.2 Å². The van der Waals surface area contributed by atoms with Gasteiger partial charge in [-0.15, -0.1) is 23.1 Å². The van der Waals surface area contributed by atoms with Crippen LogP contribution in [0.25, 0.3) is 0 Å². The van der Waals surface area contributed by atoms with Crippen LogP contribution in [0.2, 0.25) is 0 Å². The molecular weight excluding hydrogens is 294 g/mol. The molecule has 1 N–H and O–H groups in total. The molecule has 1 aliphatic heterocycles. The second kappa shape index (κ2) is 6.13. The van der Waals surface area contributed by atoms with E-state index in [1.165, 1.54) is 0 Å². The van der Waals surface area contributed by atoms with Crippen LogP contribution in [-0.2, 0) is 16.0 Å². The maximum absolute atomic E-state index is 12.2. The quantitative estimate of drug-likeness (QED) is 0.885. The van der Waals surface area contributed by atoms with Gasteiger partial charge in [0.05, 0.1) is 17.1 Å². The smallest absolute Gasteiger partial charge is 0.243 e. The SMILES string of the molecule is O=C(NCCc1cscn1)C1CSCN1C(=O)C1CC1. The van der Waals surface area contributed by atoms with E-state index in [4.69, 9.17) is 0 Å². The Morgan fingerprint density at radius 2 is 2.30 bits per heavy atom. The van der Waals surface area contributed by atoms with Crippen molar-refractivity contribution in [3.8, 4) is 0 Å². The number of hydrogen-bond donors (Lipinski definition) is 1. The first kappa shape index (κ1) is 13.9. The lowest BCUT2D eigenvalue weighted by Gasteiger charge is -2.23. The van der Waals surface area contributed by atoms with Crippen molar-refractivity contribution >= 4 is 34.9 Å². The molecule has 2 amide bonds. The van der Waals surface area contributed by atoms with Crippen molar-refractivity contribution in [2.45, 2.75) is 25.3 Å². The van der Waals surface area contributed by atoms with Crippen molar-refractivity contribution in [3.05, 3.63) is 16.6 Å². The van der Waals surface area contributed by atoms with E-state index in [0.29, 0.717) is 18.2 Å². The number of amides is 2. The average molecular weight is 311 g/mol. The third-order valence-corrected chi connectivity index (χ3v) is 5.21. The molecule has 108 valence electrons. The van der Waals surface area contributed by atoms with Crippen LogP contribution in [0.15, 0.2) is 10.9 Å². The Bertz CT molecular complexity index is 488. The summed E-state index contributed by atoms with van der Waals surface area (Å²) in [4.78, 5) is 30.2. The highest BCUT2D eigenvalue weighted by atomic mass is 32.2. The lowest BCUT2D eigenvalue weighted by Crippen LogP contribution is -2.48. The Morgan fingerprint density at radius 3 is 3.00 bits per heavy atom. The molecule has 20 heavy (non-hydrogen) atoms. The highest BCUT2D eigenvalue weighted by Crippen LogP contribution is 2.34. The van der Waals surface area contributed by atoms with Crippen LogP contribution in [0.3, 0.4) is 0 Å². The van der Waals surface area contributed by atoms with Crippen molar-refractivity contribution in [2.24, 2.45) is 5.92 Å². The first-order valence-electron chi connectivity index (χ1n) is 6.78. The van der Waals surface area contributed by atoms with Crippen LogP contribution in [-0.4, -0.2) is 45.9 Å². The summed E-state index contributed by atoms with van der Waals surface area (Å²) in [7, 11) is 0. The molecule has 0 radical (unpaired) electrons. The number of thioether (sulfide) groups is 1. The molecule has 1 aromatic heterocycles. The highest BCUT2D eigenvalue weighted by Gasteiger charge is 2.41. The van der Waals surface area contributed by atoms with E-state index >= 15 is 0 Å². The van der Waals surface area contributed by atoms with Gasteiger partial charge in [-0.25, -0.2) is 4.98 Å². The van der Waals surface area contributed by atoms with Crippen molar-refractivity contribution < 1.29 is 9.59 Å². The molecule has 1 saturated carbocycles. The van der Waals surface area contributed by atoms with Crippen LogP contribution in [0.4, 0.5) is 0 Å². The molecule has 5 nitrogen and oxygen atoms in total. The number of carbonyl (C=O) groups excluding carboxylic acids is 2. The lowest BCUT2D eigenvalue weighted by molar-refractivity contribution is -0.138. The summed E-state index contributed by atoms with van der Waals surface area (Å²) < 4.78 is 0. The van der Waals surface area contributed by atoms with Gasteiger partial charge in [0.1, 0.15) is 6.04 Å². The van der Waals surface area contributed by atoms with E-state index in [1.807, 2.05) is 5.38 Å². The Labute approximate surface area is 126 Å². The van der Waals surface area contributed by atoms with Gasteiger partial charge in [-0.2, -0.15) is 0 Å². The Morgan fingerprint density at radius 1 is 1.45 bits per heavy atom. The topological polar surface area (TPSA) is 62.3 Å². The number of carbonyl (C=O) groups is 2. The van der Waals surface area contributed by atoms with Gasteiger partial charge in [-0.05, 0) is 12.8 Å². The molecule has 0 aromatic carbocycles. The van der Waals surface area contributed by atoms with E-state index < -0.39 is 0 Å². The van der Waals surface area contributed by atoms with Gasteiger partial charge in [0.25, 0.3) is 0 Å². The second-order valence-corrected chi connectivity index (χ2v) is 6.84. The number of nitrogens with one attached hydrogen (secondary N) is 1. The maximum atomic E-state index is 12.2. The Hall–Kier alpha value is -1.08. The van der Waals surface area contributed by atoms with Crippen LogP contribution in [0, 0.1) is 5.92 Å². The maximum Gasteiger partial charge on any atom is 0.243 e. The molecule has 7 heteroatoms. The summed E-state index contributed by atoms with van der Waals surface area (Å²) in [6.45, 7) is 0.579.